The fourth-order valence-electron chi connectivity index (χ4n) is 9.18. The lowest BCUT2D eigenvalue weighted by atomic mass is 9.73. The second-order valence-electron chi connectivity index (χ2n) is 15.1. The van der Waals surface area contributed by atoms with Gasteiger partial charge in [-0.2, -0.15) is 0 Å². The number of carbonyl (C=O) groups excluding carboxylic acids is 3. The normalized spacial score (nSPS) is 32.8. The first kappa shape index (κ1) is 34.2. The van der Waals surface area contributed by atoms with Gasteiger partial charge in [-0.1, -0.05) is 80.8 Å². The largest absolute Gasteiger partial charge is 0.359 e. The van der Waals surface area contributed by atoms with Gasteiger partial charge in [0.05, 0.1) is 23.0 Å². The number of nitrogens with zero attached hydrogens (tertiary/aromatic N) is 2. The van der Waals surface area contributed by atoms with Crippen molar-refractivity contribution in [2.24, 2.45) is 29.6 Å². The smallest absolute Gasteiger partial charge is 0.246 e. The lowest BCUT2D eigenvalue weighted by Gasteiger charge is -2.38. The number of piperidine rings is 1. The molecule has 3 saturated heterocycles. The third kappa shape index (κ3) is 6.66. The van der Waals surface area contributed by atoms with Crippen LogP contribution in [0.1, 0.15) is 57.9 Å². The van der Waals surface area contributed by atoms with Crippen molar-refractivity contribution in [2.45, 2.75) is 82.6 Å². The van der Waals surface area contributed by atoms with Gasteiger partial charge in [0.2, 0.25) is 17.7 Å². The molecule has 4 fully saturated rings. The molecule has 4 heterocycles. The van der Waals surface area contributed by atoms with Crippen LogP contribution in [0, 0.1) is 35.4 Å². The lowest BCUT2D eigenvalue weighted by Crippen LogP contribution is -2.58. The molecular formula is C39H48ClFN4O4. The highest BCUT2D eigenvalue weighted by molar-refractivity contribution is 6.31. The average Bonchev–Trinajstić information content (AvgIpc) is 3.73. The van der Waals surface area contributed by atoms with Gasteiger partial charge in [-0.3, -0.25) is 14.4 Å². The molecule has 8 nitrogen and oxygen atoms in total. The molecule has 2 aromatic rings. The number of halogens is 2. The summed E-state index contributed by atoms with van der Waals surface area (Å²) in [7, 11) is 0. The minimum Gasteiger partial charge on any atom is -0.359 e. The molecule has 3 amide bonds. The highest BCUT2D eigenvalue weighted by Crippen LogP contribution is 2.55. The van der Waals surface area contributed by atoms with E-state index in [2.05, 4.69) is 59.7 Å². The summed E-state index contributed by atoms with van der Waals surface area (Å²) in [4.78, 5) is 46.7. The molecule has 7 rings (SSSR count). The van der Waals surface area contributed by atoms with Crippen LogP contribution >= 0.6 is 11.6 Å². The van der Waals surface area contributed by atoms with Crippen LogP contribution in [0.25, 0.3) is 0 Å². The minimum atomic E-state index is -1.23. The number of hydrogen-bond donors (Lipinski definition) is 2. The minimum absolute atomic E-state index is 0.0192. The van der Waals surface area contributed by atoms with Crippen LogP contribution < -0.4 is 10.6 Å². The van der Waals surface area contributed by atoms with Gasteiger partial charge in [-0.05, 0) is 93.3 Å². The molecular weight excluding hydrogens is 643 g/mol. The van der Waals surface area contributed by atoms with Crippen molar-refractivity contribution in [3.63, 3.8) is 0 Å². The number of anilines is 1. The zero-order chi connectivity index (χ0) is 34.3. The summed E-state index contributed by atoms with van der Waals surface area (Å²) >= 11 is 5.98. The van der Waals surface area contributed by atoms with E-state index in [1.807, 2.05) is 12.2 Å². The Morgan fingerprint density at radius 1 is 1.02 bits per heavy atom. The topological polar surface area (TPSA) is 91.0 Å². The van der Waals surface area contributed by atoms with E-state index >= 15 is 0 Å². The molecule has 2 aromatic carbocycles. The molecule has 0 radical (unpaired) electrons. The Labute approximate surface area is 293 Å². The number of likely N-dealkylation sites (tertiary alicyclic amines) is 2. The molecule has 8 atom stereocenters. The van der Waals surface area contributed by atoms with Crippen molar-refractivity contribution in [3.8, 4) is 0 Å². The van der Waals surface area contributed by atoms with Crippen LogP contribution in [0.15, 0.2) is 60.7 Å². The Balaban J connectivity index is 1.06. The Bertz CT molecular complexity index is 1580. The van der Waals surface area contributed by atoms with E-state index in [-0.39, 0.29) is 22.9 Å². The van der Waals surface area contributed by atoms with Gasteiger partial charge in [0, 0.05) is 18.3 Å². The van der Waals surface area contributed by atoms with E-state index < -0.39 is 41.3 Å². The highest BCUT2D eigenvalue weighted by Gasteiger charge is 2.72. The molecule has 1 aliphatic carbocycles. The molecule has 0 aromatic heterocycles. The van der Waals surface area contributed by atoms with Crippen LogP contribution in [-0.4, -0.2) is 77.5 Å². The molecule has 5 aliphatic rings. The summed E-state index contributed by atoms with van der Waals surface area (Å²) in [6.45, 7) is 7.69. The monoisotopic (exact) mass is 690 g/mol. The number of fused-ring (bicyclic) bond motifs is 1. The number of ether oxygens (including phenoxy) is 1. The first-order valence-electron chi connectivity index (χ1n) is 18.1. The molecule has 1 saturated carbocycles. The number of benzene rings is 2. The van der Waals surface area contributed by atoms with Crippen LogP contribution in [0.3, 0.4) is 0 Å². The Hall–Kier alpha value is -3.27. The third-order valence-electron chi connectivity index (χ3n) is 12.1. The van der Waals surface area contributed by atoms with Crippen molar-refractivity contribution in [1.29, 1.82) is 0 Å². The number of nitrogens with one attached hydrogen (secondary N) is 2. The van der Waals surface area contributed by atoms with Crippen LogP contribution in [0.5, 0.6) is 0 Å². The third-order valence-corrected chi connectivity index (χ3v) is 12.4. The SMILES string of the molecule is C[C@H]1[C@H](C)CCC[C@@H]1NC(=O)[C@@H]1N(CCCN2CCC(Cc3ccccc3)CC2)C(=O)[C@H]2[C@@H](C(=O)Nc3ccc(F)c(Cl)c3)[C@H]3C=C[C@@]12O3. The Morgan fingerprint density at radius 2 is 1.80 bits per heavy atom. The quantitative estimate of drug-likeness (QED) is 0.305. The van der Waals surface area contributed by atoms with Crippen molar-refractivity contribution < 1.29 is 23.5 Å². The van der Waals surface area contributed by atoms with Gasteiger partial charge < -0.3 is 25.2 Å². The molecule has 262 valence electrons. The van der Waals surface area contributed by atoms with Gasteiger partial charge in [-0.15, -0.1) is 0 Å². The second kappa shape index (κ2) is 14.2. The zero-order valence-electron chi connectivity index (χ0n) is 28.5. The van der Waals surface area contributed by atoms with Gasteiger partial charge in [-0.25, -0.2) is 4.39 Å². The van der Waals surface area contributed by atoms with E-state index in [1.54, 1.807) is 4.90 Å². The predicted molar refractivity (Wildman–Crippen MR) is 187 cm³/mol. The van der Waals surface area contributed by atoms with Gasteiger partial charge in [0.15, 0.2) is 0 Å². The van der Waals surface area contributed by atoms with Gasteiger partial charge in [0.1, 0.15) is 17.5 Å². The zero-order valence-corrected chi connectivity index (χ0v) is 29.2. The number of carbonyl (C=O) groups is 3. The van der Waals surface area contributed by atoms with Crippen LogP contribution in [0.4, 0.5) is 10.1 Å². The van der Waals surface area contributed by atoms with Crippen molar-refractivity contribution >= 4 is 35.0 Å². The highest BCUT2D eigenvalue weighted by atomic mass is 35.5. The summed E-state index contributed by atoms with van der Waals surface area (Å²) in [5.74, 6) is -1.62. The molecule has 2 bridgehead atoms. The predicted octanol–water partition coefficient (Wildman–Crippen LogP) is 5.85. The standard InChI is InChI=1S/C39H48ClFN4O4/c1-24-8-6-11-31(25(24)2)43-37(47)35-39-17-14-32(49-39)33(36(46)42-28-12-13-30(41)29(40)23-28)34(39)38(48)45(35)19-7-18-44-20-15-27(16-21-44)22-26-9-4-3-5-10-26/h3-5,9-10,12-14,17,23-25,27,31-35H,6-8,11,15-16,18-22H2,1-2H3,(H,42,46)(H,43,47)/t24-,25+,31+,32-,33+,34-,35+,39+/m1/s1. The van der Waals surface area contributed by atoms with Crippen LogP contribution in [-0.2, 0) is 25.5 Å². The van der Waals surface area contributed by atoms with Crippen molar-refractivity contribution in [2.75, 3.05) is 31.5 Å². The summed E-state index contributed by atoms with van der Waals surface area (Å²) in [5, 5.41) is 6.05. The molecule has 1 spiro atoms. The van der Waals surface area contributed by atoms with E-state index in [9.17, 15) is 18.8 Å². The maximum Gasteiger partial charge on any atom is 0.246 e. The van der Waals surface area contributed by atoms with Crippen LogP contribution in [0.2, 0.25) is 5.02 Å². The van der Waals surface area contributed by atoms with Gasteiger partial charge >= 0.3 is 0 Å². The van der Waals surface area contributed by atoms with E-state index in [1.165, 1.54) is 23.8 Å². The maximum atomic E-state index is 14.4. The fraction of sp³-hybridized carbons (Fsp3) is 0.564. The number of amides is 3. The van der Waals surface area contributed by atoms with E-state index in [4.69, 9.17) is 16.3 Å². The molecule has 10 heteroatoms. The summed E-state index contributed by atoms with van der Waals surface area (Å²) in [6, 6.07) is 13.8. The van der Waals surface area contributed by atoms with Gasteiger partial charge in [0.25, 0.3) is 0 Å². The molecule has 49 heavy (non-hydrogen) atoms. The first-order valence-corrected chi connectivity index (χ1v) is 18.5. The van der Waals surface area contributed by atoms with E-state index in [0.717, 1.165) is 64.6 Å². The average molecular weight is 691 g/mol. The first-order chi connectivity index (χ1) is 23.6. The summed E-state index contributed by atoms with van der Waals surface area (Å²) in [6.07, 6.45) is 10.2. The molecule has 0 unspecified atom stereocenters. The number of rotatable bonds is 10. The van der Waals surface area contributed by atoms with Crippen molar-refractivity contribution in [3.05, 3.63) is 77.1 Å². The Kier molecular flexibility index (Phi) is 9.88. The van der Waals surface area contributed by atoms with Crippen molar-refractivity contribution in [1.82, 2.24) is 15.1 Å². The Morgan fingerprint density at radius 3 is 2.55 bits per heavy atom. The lowest BCUT2D eigenvalue weighted by molar-refractivity contribution is -0.141. The van der Waals surface area contributed by atoms with E-state index in [0.29, 0.717) is 30.0 Å². The summed E-state index contributed by atoms with van der Waals surface area (Å²) in [5.41, 5.74) is 0.494. The maximum absolute atomic E-state index is 14.4. The number of hydrogen-bond acceptors (Lipinski definition) is 5. The summed E-state index contributed by atoms with van der Waals surface area (Å²) < 4.78 is 20.3. The fourth-order valence-corrected chi connectivity index (χ4v) is 9.36. The molecule has 4 aliphatic heterocycles. The molecule has 2 N–H and O–H groups in total. The second-order valence-corrected chi connectivity index (χ2v) is 15.5.